The number of rotatable bonds is 8. The van der Waals surface area contributed by atoms with E-state index in [1.54, 1.807) is 6.07 Å². The summed E-state index contributed by atoms with van der Waals surface area (Å²) in [5.41, 5.74) is 7.09. The van der Waals surface area contributed by atoms with Gasteiger partial charge in [-0.3, -0.25) is 0 Å². The minimum absolute atomic E-state index is 0.452. The van der Waals surface area contributed by atoms with Crippen LogP contribution < -0.4 is 10.2 Å². The summed E-state index contributed by atoms with van der Waals surface area (Å²) >= 11 is 6.28. The zero-order chi connectivity index (χ0) is 21.6. The maximum absolute atomic E-state index is 9.15. The average Bonchev–Trinajstić information content (AvgIpc) is 2.69. The highest BCUT2D eigenvalue weighted by Gasteiger charge is 2.16. The van der Waals surface area contributed by atoms with Crippen LogP contribution in [0, 0.1) is 23.7 Å². The second kappa shape index (κ2) is 10.1. The summed E-state index contributed by atoms with van der Waals surface area (Å²) in [5, 5.41) is 21.3. The van der Waals surface area contributed by atoms with Gasteiger partial charge in [-0.1, -0.05) is 30.7 Å². The SMILES string of the molecule is CCCN/C(C)=C(\C(C)=N)c1ccc(C)c(N(CC)c2ccc(C#N)c(Cl)c2)c1. The second-order valence-electron chi connectivity index (χ2n) is 7.07. The molecule has 0 spiro atoms. The Labute approximate surface area is 179 Å². The standard InChI is InChI=1S/C24H29ClN4/c1-6-12-28-18(5)24(17(4)27)19-9-8-16(3)23(13-19)29(7-2)21-11-10-20(15-26)22(25)14-21/h8-11,13-14,27-28H,6-7,12H2,1-5H3/b24-18+,27-17?. The molecule has 2 aromatic carbocycles. The highest BCUT2D eigenvalue weighted by atomic mass is 35.5. The first kappa shape index (κ1) is 22.5. The first-order chi connectivity index (χ1) is 13.8. The summed E-state index contributed by atoms with van der Waals surface area (Å²) in [7, 11) is 0. The van der Waals surface area contributed by atoms with Crippen molar-refractivity contribution in [1.82, 2.24) is 5.32 Å². The lowest BCUT2D eigenvalue weighted by Crippen LogP contribution is -2.18. The molecular formula is C24H29ClN4. The number of benzene rings is 2. The number of aryl methyl sites for hydroxylation is 1. The van der Waals surface area contributed by atoms with Crippen molar-refractivity contribution in [1.29, 1.82) is 10.7 Å². The summed E-state index contributed by atoms with van der Waals surface area (Å²) in [5.74, 6) is 0. The molecule has 0 unspecified atom stereocenters. The molecule has 0 saturated heterocycles. The average molecular weight is 409 g/mol. The molecule has 152 valence electrons. The second-order valence-corrected chi connectivity index (χ2v) is 7.48. The Balaban J connectivity index is 2.57. The quantitative estimate of drug-likeness (QED) is 0.493. The third-order valence-corrected chi connectivity index (χ3v) is 5.19. The van der Waals surface area contributed by atoms with Crippen LogP contribution in [-0.4, -0.2) is 18.8 Å². The zero-order valence-corrected chi connectivity index (χ0v) is 18.6. The number of nitrogens with one attached hydrogen (secondary N) is 2. The lowest BCUT2D eigenvalue weighted by Gasteiger charge is -2.26. The number of allylic oxidation sites excluding steroid dienone is 2. The molecular weight excluding hydrogens is 380 g/mol. The van der Waals surface area contributed by atoms with E-state index < -0.39 is 0 Å². The van der Waals surface area contributed by atoms with Crippen LogP contribution in [0.3, 0.4) is 0 Å². The molecule has 0 saturated carbocycles. The summed E-state index contributed by atoms with van der Waals surface area (Å²) in [6, 6.07) is 13.9. The first-order valence-electron chi connectivity index (χ1n) is 9.92. The van der Waals surface area contributed by atoms with Crippen molar-refractivity contribution in [3.63, 3.8) is 0 Å². The van der Waals surface area contributed by atoms with Crippen molar-refractivity contribution < 1.29 is 0 Å². The molecule has 0 atom stereocenters. The molecule has 0 fully saturated rings. The lowest BCUT2D eigenvalue weighted by molar-refractivity contribution is 0.772. The Hall–Kier alpha value is -2.77. The molecule has 0 aromatic heterocycles. The van der Waals surface area contributed by atoms with Gasteiger partial charge >= 0.3 is 0 Å². The molecule has 5 heteroatoms. The molecule has 2 aromatic rings. The number of halogens is 1. The fourth-order valence-electron chi connectivity index (χ4n) is 3.43. The van der Waals surface area contributed by atoms with E-state index >= 15 is 0 Å². The van der Waals surface area contributed by atoms with E-state index in [1.165, 1.54) is 0 Å². The molecule has 0 aliphatic rings. The summed E-state index contributed by atoms with van der Waals surface area (Å²) in [6.45, 7) is 11.8. The molecule has 2 N–H and O–H groups in total. The van der Waals surface area contributed by atoms with Crippen molar-refractivity contribution in [3.8, 4) is 6.07 Å². The Kier molecular flexibility index (Phi) is 7.87. The van der Waals surface area contributed by atoms with Crippen LogP contribution >= 0.6 is 11.6 Å². The largest absolute Gasteiger partial charge is 0.388 e. The van der Waals surface area contributed by atoms with E-state index in [4.69, 9.17) is 22.3 Å². The van der Waals surface area contributed by atoms with Gasteiger partial charge in [0.15, 0.2) is 0 Å². The van der Waals surface area contributed by atoms with Crippen LogP contribution in [0.5, 0.6) is 0 Å². The predicted octanol–water partition coefficient (Wildman–Crippen LogP) is 6.45. The fourth-order valence-corrected chi connectivity index (χ4v) is 3.64. The zero-order valence-electron chi connectivity index (χ0n) is 17.9. The number of nitriles is 1. The minimum Gasteiger partial charge on any atom is -0.388 e. The Morgan fingerprint density at radius 1 is 1.17 bits per heavy atom. The summed E-state index contributed by atoms with van der Waals surface area (Å²) < 4.78 is 0. The van der Waals surface area contributed by atoms with Crippen molar-refractivity contribution in [2.45, 2.75) is 41.0 Å². The molecule has 0 aliphatic heterocycles. The van der Waals surface area contributed by atoms with Crippen LogP contribution in [-0.2, 0) is 0 Å². The van der Waals surface area contributed by atoms with Gasteiger partial charge in [-0.15, -0.1) is 0 Å². The van der Waals surface area contributed by atoms with Gasteiger partial charge in [0.1, 0.15) is 6.07 Å². The van der Waals surface area contributed by atoms with Gasteiger partial charge in [0.05, 0.1) is 10.6 Å². The molecule has 2 rings (SSSR count). The number of anilines is 2. The van der Waals surface area contributed by atoms with E-state index in [2.05, 4.69) is 55.3 Å². The maximum Gasteiger partial charge on any atom is 0.101 e. The van der Waals surface area contributed by atoms with Gasteiger partial charge in [-0.25, -0.2) is 0 Å². The highest BCUT2D eigenvalue weighted by Crippen LogP contribution is 2.33. The van der Waals surface area contributed by atoms with E-state index in [9.17, 15) is 0 Å². The van der Waals surface area contributed by atoms with E-state index in [0.717, 1.165) is 53.3 Å². The Bertz CT molecular complexity index is 969. The molecule has 0 radical (unpaired) electrons. The minimum atomic E-state index is 0.452. The summed E-state index contributed by atoms with van der Waals surface area (Å²) in [6.07, 6.45) is 1.03. The van der Waals surface area contributed by atoms with E-state index in [-0.39, 0.29) is 0 Å². The van der Waals surface area contributed by atoms with Gasteiger partial charge in [0.2, 0.25) is 0 Å². The van der Waals surface area contributed by atoms with Gasteiger partial charge < -0.3 is 15.6 Å². The van der Waals surface area contributed by atoms with Crippen molar-refractivity contribution in [2.24, 2.45) is 0 Å². The molecule has 0 bridgehead atoms. The smallest absolute Gasteiger partial charge is 0.101 e. The van der Waals surface area contributed by atoms with Gasteiger partial charge in [-0.05, 0) is 69.5 Å². The van der Waals surface area contributed by atoms with Crippen molar-refractivity contribution in [2.75, 3.05) is 18.0 Å². The lowest BCUT2D eigenvalue weighted by atomic mass is 9.97. The molecule has 0 amide bonds. The molecule has 4 nitrogen and oxygen atoms in total. The van der Waals surface area contributed by atoms with Crippen LogP contribution in [0.1, 0.15) is 50.8 Å². The van der Waals surface area contributed by atoms with Crippen molar-refractivity contribution in [3.05, 3.63) is 63.8 Å². The van der Waals surface area contributed by atoms with Crippen molar-refractivity contribution >= 4 is 34.3 Å². The normalized spacial score (nSPS) is 11.5. The number of hydrogen-bond donors (Lipinski definition) is 2. The molecule has 0 heterocycles. The van der Waals surface area contributed by atoms with Crippen LogP contribution in [0.2, 0.25) is 5.02 Å². The third-order valence-electron chi connectivity index (χ3n) is 4.88. The van der Waals surface area contributed by atoms with Gasteiger partial charge in [0, 0.05) is 41.4 Å². The number of hydrogen-bond acceptors (Lipinski definition) is 4. The first-order valence-corrected chi connectivity index (χ1v) is 10.3. The number of nitrogens with zero attached hydrogens (tertiary/aromatic N) is 2. The predicted molar refractivity (Wildman–Crippen MR) is 124 cm³/mol. The Morgan fingerprint density at radius 2 is 1.90 bits per heavy atom. The van der Waals surface area contributed by atoms with E-state index in [0.29, 0.717) is 16.3 Å². The van der Waals surface area contributed by atoms with Crippen LogP contribution in [0.15, 0.2) is 42.1 Å². The summed E-state index contributed by atoms with van der Waals surface area (Å²) in [4.78, 5) is 2.18. The van der Waals surface area contributed by atoms with E-state index in [1.807, 2.05) is 26.0 Å². The van der Waals surface area contributed by atoms with Gasteiger partial charge in [-0.2, -0.15) is 5.26 Å². The highest BCUT2D eigenvalue weighted by molar-refractivity contribution is 6.32. The molecule has 29 heavy (non-hydrogen) atoms. The van der Waals surface area contributed by atoms with Crippen LogP contribution in [0.25, 0.3) is 5.57 Å². The van der Waals surface area contributed by atoms with Gasteiger partial charge in [0.25, 0.3) is 0 Å². The fraction of sp³-hybridized carbons (Fsp3) is 0.333. The topological polar surface area (TPSA) is 62.9 Å². The molecule has 0 aliphatic carbocycles. The monoisotopic (exact) mass is 408 g/mol. The Morgan fingerprint density at radius 3 is 2.45 bits per heavy atom. The third kappa shape index (κ3) is 5.19. The van der Waals surface area contributed by atoms with Crippen LogP contribution in [0.4, 0.5) is 11.4 Å². The maximum atomic E-state index is 9.15.